The fourth-order valence-corrected chi connectivity index (χ4v) is 9.98. The summed E-state index contributed by atoms with van der Waals surface area (Å²) in [6.07, 6.45) is 10.3. The predicted octanol–water partition coefficient (Wildman–Crippen LogP) is 29.9. The van der Waals surface area contributed by atoms with Crippen LogP contribution in [0.1, 0.15) is 214 Å². The summed E-state index contributed by atoms with van der Waals surface area (Å²) in [5.41, 5.74) is 7.88. The fourth-order valence-electron chi connectivity index (χ4n) is 8.87. The number of aromatic nitrogens is 7. The number of azo groups is 1. The van der Waals surface area contributed by atoms with Gasteiger partial charge in [-0.25, -0.2) is 15.0 Å². The zero-order chi connectivity index (χ0) is 80.5. The summed E-state index contributed by atoms with van der Waals surface area (Å²) in [6, 6.07) is 81.1. The number of thiophene rings is 1. The van der Waals surface area contributed by atoms with Crippen LogP contribution in [0, 0.1) is 27.7 Å². The van der Waals surface area contributed by atoms with Gasteiger partial charge in [-0.05, 0) is 111 Å². The van der Waals surface area contributed by atoms with Gasteiger partial charge < -0.3 is 4.74 Å². The van der Waals surface area contributed by atoms with E-state index in [1.54, 1.807) is 31.0 Å². The molecule has 0 spiro atoms. The molecular weight excluding hydrogens is 1300 g/mol. The molecule has 0 fully saturated rings. The lowest BCUT2D eigenvalue weighted by Gasteiger charge is -2.20. The molecule has 1 aliphatic carbocycles. The molecule has 6 heterocycles. The van der Waals surface area contributed by atoms with Crippen LogP contribution in [0.25, 0.3) is 53.0 Å². The van der Waals surface area contributed by atoms with Crippen molar-refractivity contribution in [3.05, 3.63) is 308 Å². The van der Waals surface area contributed by atoms with E-state index in [-0.39, 0.29) is 17.9 Å². The molecule has 105 heavy (non-hydrogen) atoms. The molecule has 1 aliphatic heterocycles. The van der Waals surface area contributed by atoms with Gasteiger partial charge in [-0.2, -0.15) is 10.2 Å². The van der Waals surface area contributed by atoms with Gasteiger partial charge in [0.15, 0.2) is 12.5 Å². The fraction of sp³-hybridized carbons (Fsp3) is 0.351. The summed E-state index contributed by atoms with van der Waals surface area (Å²) < 4.78 is 7.78. The molecule has 0 amide bonds. The molecule has 0 radical (unpaired) electrons. The average Bonchev–Trinajstić information content (AvgIpc) is 1.59. The quantitative estimate of drug-likeness (QED) is 0.147. The van der Waals surface area contributed by atoms with E-state index in [1.807, 2.05) is 290 Å². The van der Waals surface area contributed by atoms with Crippen molar-refractivity contribution in [1.82, 2.24) is 34.9 Å². The van der Waals surface area contributed by atoms with E-state index in [9.17, 15) is 0 Å². The predicted molar refractivity (Wildman–Crippen MR) is 470 cm³/mol. The number of nitrogens with zero attached hydrogens (tertiary/aromatic N) is 9. The summed E-state index contributed by atoms with van der Waals surface area (Å²) in [6.45, 7) is 59.8. The summed E-state index contributed by atoms with van der Waals surface area (Å²) in [5, 5.41) is 14.0. The van der Waals surface area contributed by atoms with Gasteiger partial charge in [0.1, 0.15) is 17.5 Å². The van der Waals surface area contributed by atoms with Gasteiger partial charge in [0, 0.05) is 68.2 Å². The van der Waals surface area contributed by atoms with Gasteiger partial charge in [0.05, 0.1) is 11.2 Å². The molecular formula is C94H137N9OS. The normalized spacial score (nSPS) is 11.1. The van der Waals surface area contributed by atoms with Gasteiger partial charge in [0.25, 0.3) is 0 Å². The van der Waals surface area contributed by atoms with Crippen LogP contribution in [0.15, 0.2) is 284 Å². The largest absolute Gasteiger partial charge is 0.329 e. The van der Waals surface area contributed by atoms with E-state index in [2.05, 4.69) is 217 Å². The third kappa shape index (κ3) is 44.0. The van der Waals surface area contributed by atoms with Gasteiger partial charge in [-0.1, -0.05) is 366 Å². The van der Waals surface area contributed by atoms with Crippen LogP contribution >= 0.6 is 11.3 Å². The lowest BCUT2D eigenvalue weighted by molar-refractivity contribution is 0.0563. The summed E-state index contributed by atoms with van der Waals surface area (Å²) in [7, 11) is 0. The Morgan fingerprint density at radius 2 is 0.629 bits per heavy atom. The van der Waals surface area contributed by atoms with E-state index in [0.717, 1.165) is 28.7 Å². The third-order valence-corrected chi connectivity index (χ3v) is 13.8. The first-order valence-corrected chi connectivity index (χ1v) is 39.4. The van der Waals surface area contributed by atoms with E-state index >= 15 is 0 Å². The zero-order valence-corrected chi connectivity index (χ0v) is 71.3. The van der Waals surface area contributed by atoms with E-state index in [4.69, 9.17) is 4.74 Å². The Labute approximate surface area is 643 Å². The number of rotatable bonds is 0. The Kier molecular flexibility index (Phi) is 72.2. The van der Waals surface area contributed by atoms with Crippen molar-refractivity contribution < 1.29 is 4.74 Å². The highest BCUT2D eigenvalue weighted by molar-refractivity contribution is 7.25. The van der Waals surface area contributed by atoms with Crippen molar-refractivity contribution in [3.8, 4) is 11.1 Å². The molecule has 13 aromatic rings. The molecule has 0 saturated carbocycles. The summed E-state index contributed by atoms with van der Waals surface area (Å²) in [5.74, 6) is 2.38. The molecule has 2 atom stereocenters. The van der Waals surface area contributed by atoms with E-state index in [0.29, 0.717) is 0 Å². The van der Waals surface area contributed by atoms with Gasteiger partial charge >= 0.3 is 0 Å². The van der Waals surface area contributed by atoms with Crippen LogP contribution in [-0.2, 0) is 10.2 Å². The van der Waals surface area contributed by atoms with Crippen molar-refractivity contribution in [2.24, 2.45) is 10.2 Å². The minimum absolute atomic E-state index is 0.0185. The first kappa shape index (κ1) is 104. The molecule has 0 bridgehead atoms. The number of fused-ring (bicyclic) bond motifs is 8. The van der Waals surface area contributed by atoms with Crippen molar-refractivity contribution in [3.63, 3.8) is 0 Å². The van der Waals surface area contributed by atoms with Gasteiger partial charge in [0.2, 0.25) is 0 Å². The Hall–Kier alpha value is -9.55. The molecule has 10 nitrogen and oxygen atoms in total. The maximum Gasteiger partial charge on any atom is 0.168 e. The second-order valence-electron chi connectivity index (χ2n) is 19.4. The zero-order valence-electron chi connectivity index (χ0n) is 70.5. The lowest BCUT2D eigenvalue weighted by Crippen LogP contribution is -2.14. The molecule has 2 aliphatic rings. The Bertz CT molecular complexity index is 3550. The molecule has 2 unspecified atom stereocenters. The van der Waals surface area contributed by atoms with Crippen molar-refractivity contribution in [2.75, 3.05) is 0 Å². The van der Waals surface area contributed by atoms with Crippen LogP contribution < -0.4 is 0 Å². The standard InChI is InChI=1S/C15H14.C12H8S.C10H8.C9H7N.C6H9N3.C6H6.C5H6N2.C5H5N.C4H8N2O.11C2H6/c1-15(2)13-9-5-3-7-11(13)12-8-4-6-10-14(12)15;1-3-7-11-9(5-1)10-6-2-4-8-12(10)13-11;1-2-6-10-8-4-3-7-9(10)5-1;1-2-6-9-8(4-1)5-3-7-10-9;1-4-7-5(2)9-6(3)8-4;1-2-4-6-5-3-1;1-5-4-6-2-3-7-5;1-2-4-6-5-3-1;1-3-5-6-4(2)7-3;11*1-2/h3-10H,1-2H3;1-8H;1-8H;1-7H;1-3H3;1-6H;2-4H,1H3;1-5H;3-4H,1-2H3;11*1-2H3. The molecule has 0 N–H and O–H groups in total. The number of hydrogen-bond donors (Lipinski definition) is 0. The topological polar surface area (TPSA) is 124 Å². The molecule has 8 aromatic carbocycles. The highest BCUT2D eigenvalue weighted by atomic mass is 32.1. The van der Waals surface area contributed by atoms with Gasteiger partial charge in [-0.3, -0.25) is 19.9 Å². The molecule has 11 heteroatoms. The minimum Gasteiger partial charge on any atom is -0.329 e. The Morgan fingerprint density at radius 3 is 0.933 bits per heavy atom. The van der Waals surface area contributed by atoms with Crippen molar-refractivity contribution >= 4 is 53.2 Å². The number of hydrogen-bond acceptors (Lipinski definition) is 11. The monoisotopic (exact) mass is 1440 g/mol. The van der Waals surface area contributed by atoms with Crippen LogP contribution in [0.3, 0.4) is 0 Å². The Morgan fingerprint density at radius 1 is 0.305 bits per heavy atom. The number of pyridine rings is 2. The second kappa shape index (κ2) is 72.8. The van der Waals surface area contributed by atoms with Crippen LogP contribution in [0.5, 0.6) is 0 Å². The lowest BCUT2D eigenvalue weighted by atomic mass is 9.82. The van der Waals surface area contributed by atoms with Crippen molar-refractivity contribution in [2.45, 2.75) is 226 Å². The number of aryl methyl sites for hydroxylation is 4. The number of para-hydroxylation sites is 1. The summed E-state index contributed by atoms with van der Waals surface area (Å²) in [4.78, 5) is 27.7. The maximum absolute atomic E-state index is 5.03. The van der Waals surface area contributed by atoms with Crippen molar-refractivity contribution in [1.29, 1.82) is 0 Å². The van der Waals surface area contributed by atoms with E-state index < -0.39 is 0 Å². The molecule has 0 saturated heterocycles. The molecule has 570 valence electrons. The van der Waals surface area contributed by atoms with Gasteiger partial charge in [-0.15, -0.1) is 11.3 Å². The highest BCUT2D eigenvalue weighted by Crippen LogP contribution is 2.48. The number of ether oxygens (including phenoxy) is 1. The number of benzene rings is 8. The average molecular weight is 1440 g/mol. The second-order valence-corrected chi connectivity index (χ2v) is 20.5. The maximum atomic E-state index is 5.03. The van der Waals surface area contributed by atoms with E-state index in [1.165, 1.54) is 58.6 Å². The first-order chi connectivity index (χ1) is 51.5. The SMILES string of the molecule is CC.CC.CC.CC.CC.CC.CC.CC.CC.CC.CC.CC1(C)c2ccccc2-c2ccccc21.CC1N=NC(C)O1.Cc1cnccn1.Cc1nc(C)nc(C)n1.c1ccc2c(c1)sc1ccccc12.c1ccc2ccccc2c1.c1ccc2ncccc2c1.c1ccccc1.c1ccncc1. The Balaban J connectivity index is -0.000000349. The van der Waals surface area contributed by atoms with Crippen LogP contribution in [-0.4, -0.2) is 47.3 Å². The summed E-state index contributed by atoms with van der Waals surface area (Å²) >= 11 is 1.86. The van der Waals surface area contributed by atoms with Crippen LogP contribution in [0.4, 0.5) is 0 Å². The minimum atomic E-state index is -0.0185. The highest BCUT2D eigenvalue weighted by Gasteiger charge is 2.34. The van der Waals surface area contributed by atoms with Crippen LogP contribution in [0.2, 0.25) is 0 Å². The molecule has 15 rings (SSSR count). The first-order valence-electron chi connectivity index (χ1n) is 38.5. The smallest absolute Gasteiger partial charge is 0.168 e. The third-order valence-electron chi connectivity index (χ3n) is 12.6. The molecule has 5 aromatic heterocycles.